The number of nitrogens with zero attached hydrogens (tertiary/aromatic N) is 2. The third-order valence-corrected chi connectivity index (χ3v) is 2.00. The zero-order valence-corrected chi connectivity index (χ0v) is 9.73. The van der Waals surface area contributed by atoms with Gasteiger partial charge in [0.05, 0.1) is 6.61 Å². The molecule has 0 fully saturated rings. The molecule has 0 amide bonds. The van der Waals surface area contributed by atoms with E-state index in [1.165, 1.54) is 0 Å². The van der Waals surface area contributed by atoms with Gasteiger partial charge in [0.15, 0.2) is 0 Å². The maximum absolute atomic E-state index is 8.81. The third-order valence-electron chi connectivity index (χ3n) is 2.00. The van der Waals surface area contributed by atoms with Crippen LogP contribution in [0.3, 0.4) is 0 Å². The van der Waals surface area contributed by atoms with Crippen LogP contribution in [0.25, 0.3) is 0 Å². The molecule has 4 nitrogen and oxygen atoms in total. The minimum Gasteiger partial charge on any atom is -0.477 e. The highest BCUT2D eigenvalue weighted by Gasteiger charge is 2.02. The summed E-state index contributed by atoms with van der Waals surface area (Å²) in [5.74, 6) is 0.426. The Balaban J connectivity index is 2.30. The summed E-state index contributed by atoms with van der Waals surface area (Å²) in [6.45, 7) is 5.69. The summed E-state index contributed by atoms with van der Waals surface area (Å²) in [4.78, 5) is 4.02. The van der Waals surface area contributed by atoms with Gasteiger partial charge < -0.3 is 10.1 Å². The van der Waals surface area contributed by atoms with E-state index in [-0.39, 0.29) is 0 Å². The molecule has 0 spiro atoms. The summed E-state index contributed by atoms with van der Waals surface area (Å²) in [7, 11) is 0. The van der Waals surface area contributed by atoms with Gasteiger partial charge in [-0.05, 0) is 25.1 Å². The van der Waals surface area contributed by atoms with E-state index in [0.29, 0.717) is 24.1 Å². The van der Waals surface area contributed by atoms with Crippen LogP contribution < -0.4 is 10.1 Å². The number of ether oxygens (including phenoxy) is 1. The van der Waals surface area contributed by atoms with Crippen molar-refractivity contribution in [1.29, 1.82) is 5.26 Å². The van der Waals surface area contributed by atoms with Crippen molar-refractivity contribution in [3.63, 3.8) is 0 Å². The van der Waals surface area contributed by atoms with Crippen LogP contribution in [0, 0.1) is 11.3 Å². The van der Waals surface area contributed by atoms with E-state index in [9.17, 15) is 0 Å². The highest BCUT2D eigenvalue weighted by atomic mass is 16.5. The van der Waals surface area contributed by atoms with Crippen LogP contribution in [0.5, 0.6) is 5.88 Å². The molecule has 1 heterocycles. The first-order valence-corrected chi connectivity index (χ1v) is 5.45. The van der Waals surface area contributed by atoms with Crippen LogP contribution in [-0.2, 0) is 0 Å². The number of hydrogen-bond acceptors (Lipinski definition) is 4. The fourth-order valence-corrected chi connectivity index (χ4v) is 1.22. The highest BCUT2D eigenvalue weighted by Crippen LogP contribution is 2.12. The highest BCUT2D eigenvalue weighted by molar-refractivity contribution is 5.36. The van der Waals surface area contributed by atoms with Crippen molar-refractivity contribution in [2.45, 2.75) is 26.3 Å². The molecule has 0 aliphatic rings. The number of nitrogens with one attached hydrogen (secondary N) is 1. The van der Waals surface area contributed by atoms with E-state index < -0.39 is 0 Å². The lowest BCUT2D eigenvalue weighted by Crippen LogP contribution is -2.24. The number of rotatable bonds is 6. The molecule has 0 atom stereocenters. The zero-order chi connectivity index (χ0) is 11.8. The van der Waals surface area contributed by atoms with Crippen LogP contribution in [0.4, 0.5) is 0 Å². The molecule has 1 rings (SSSR count). The second kappa shape index (κ2) is 6.81. The molecule has 86 valence electrons. The Labute approximate surface area is 96.3 Å². The average molecular weight is 219 g/mol. The van der Waals surface area contributed by atoms with Crippen LogP contribution >= 0.6 is 0 Å². The molecule has 1 aromatic rings. The first kappa shape index (κ1) is 12.5. The Bertz CT molecular complexity index is 358. The van der Waals surface area contributed by atoms with Gasteiger partial charge >= 0.3 is 0 Å². The summed E-state index contributed by atoms with van der Waals surface area (Å²) < 4.78 is 5.44. The molecule has 0 radical (unpaired) electrons. The zero-order valence-electron chi connectivity index (χ0n) is 9.73. The summed E-state index contributed by atoms with van der Waals surface area (Å²) in [5.41, 5.74) is 0.485. The summed E-state index contributed by atoms with van der Waals surface area (Å²) in [6, 6.07) is 5.97. The lowest BCUT2D eigenvalue weighted by Gasteiger charge is -2.09. The second-order valence-corrected chi connectivity index (χ2v) is 3.78. The molecule has 1 aromatic heterocycles. The molecular formula is C12H17N3O. The standard InChI is InChI=1S/C12H17N3O/c1-10(2)14-7-4-8-16-12-11(9-13)5-3-6-15-12/h3,5-6,10,14H,4,7-8H2,1-2H3. The fourth-order valence-electron chi connectivity index (χ4n) is 1.22. The average Bonchev–Trinajstić information content (AvgIpc) is 2.29. The largest absolute Gasteiger partial charge is 0.477 e. The predicted molar refractivity (Wildman–Crippen MR) is 62.2 cm³/mol. The van der Waals surface area contributed by atoms with Gasteiger partial charge in [-0.3, -0.25) is 0 Å². The Morgan fingerprint density at radius 3 is 3.06 bits per heavy atom. The minimum atomic E-state index is 0.426. The first-order chi connectivity index (χ1) is 7.74. The molecule has 1 N–H and O–H groups in total. The van der Waals surface area contributed by atoms with Gasteiger partial charge in [0.2, 0.25) is 5.88 Å². The number of hydrogen-bond donors (Lipinski definition) is 1. The van der Waals surface area contributed by atoms with Gasteiger partial charge in [0.25, 0.3) is 0 Å². The smallest absolute Gasteiger partial charge is 0.231 e. The number of nitriles is 1. The van der Waals surface area contributed by atoms with E-state index in [2.05, 4.69) is 30.2 Å². The third kappa shape index (κ3) is 4.28. The summed E-state index contributed by atoms with van der Waals surface area (Å²) in [6.07, 6.45) is 2.53. The lowest BCUT2D eigenvalue weighted by atomic mass is 10.3. The van der Waals surface area contributed by atoms with Gasteiger partial charge in [-0.1, -0.05) is 13.8 Å². The minimum absolute atomic E-state index is 0.426. The quantitative estimate of drug-likeness (QED) is 0.740. The van der Waals surface area contributed by atoms with E-state index in [1.54, 1.807) is 18.3 Å². The van der Waals surface area contributed by atoms with Crippen LogP contribution in [0.2, 0.25) is 0 Å². The Hall–Kier alpha value is -1.60. The number of aromatic nitrogens is 1. The Kier molecular flexibility index (Phi) is 5.30. The van der Waals surface area contributed by atoms with Crippen LogP contribution in [-0.4, -0.2) is 24.2 Å². The monoisotopic (exact) mass is 219 g/mol. The van der Waals surface area contributed by atoms with Crippen molar-refractivity contribution >= 4 is 0 Å². The van der Waals surface area contributed by atoms with Gasteiger partial charge in [-0.25, -0.2) is 4.98 Å². The molecule has 0 saturated carbocycles. The molecule has 0 bridgehead atoms. The Morgan fingerprint density at radius 1 is 1.56 bits per heavy atom. The molecular weight excluding hydrogens is 202 g/mol. The van der Waals surface area contributed by atoms with Crippen molar-refractivity contribution in [1.82, 2.24) is 10.3 Å². The van der Waals surface area contributed by atoms with Crippen LogP contribution in [0.15, 0.2) is 18.3 Å². The van der Waals surface area contributed by atoms with Gasteiger partial charge in [0.1, 0.15) is 11.6 Å². The fraction of sp³-hybridized carbons (Fsp3) is 0.500. The van der Waals surface area contributed by atoms with Crippen molar-refractivity contribution < 1.29 is 4.74 Å². The van der Waals surface area contributed by atoms with E-state index in [4.69, 9.17) is 10.00 Å². The number of pyridine rings is 1. The normalized spacial score (nSPS) is 10.1. The topological polar surface area (TPSA) is 57.9 Å². The van der Waals surface area contributed by atoms with Crippen molar-refractivity contribution in [3.8, 4) is 11.9 Å². The molecule has 4 heteroatoms. The maximum atomic E-state index is 8.81. The first-order valence-electron chi connectivity index (χ1n) is 5.45. The van der Waals surface area contributed by atoms with Gasteiger partial charge in [0, 0.05) is 12.2 Å². The summed E-state index contributed by atoms with van der Waals surface area (Å²) in [5, 5.41) is 12.1. The second-order valence-electron chi connectivity index (χ2n) is 3.78. The maximum Gasteiger partial charge on any atom is 0.231 e. The Morgan fingerprint density at radius 2 is 2.38 bits per heavy atom. The lowest BCUT2D eigenvalue weighted by molar-refractivity contribution is 0.294. The summed E-state index contributed by atoms with van der Waals surface area (Å²) >= 11 is 0. The van der Waals surface area contributed by atoms with Crippen molar-refractivity contribution in [2.75, 3.05) is 13.2 Å². The van der Waals surface area contributed by atoms with Gasteiger partial charge in [-0.15, -0.1) is 0 Å². The van der Waals surface area contributed by atoms with Gasteiger partial charge in [-0.2, -0.15) is 5.26 Å². The SMILES string of the molecule is CC(C)NCCCOc1ncccc1C#N. The molecule has 0 aliphatic heterocycles. The van der Waals surface area contributed by atoms with E-state index >= 15 is 0 Å². The molecule has 0 aromatic carbocycles. The molecule has 0 saturated heterocycles. The molecule has 0 unspecified atom stereocenters. The van der Waals surface area contributed by atoms with E-state index in [0.717, 1.165) is 13.0 Å². The molecule has 0 aliphatic carbocycles. The molecule has 16 heavy (non-hydrogen) atoms. The van der Waals surface area contributed by atoms with E-state index in [1.807, 2.05) is 0 Å². The van der Waals surface area contributed by atoms with Crippen molar-refractivity contribution in [3.05, 3.63) is 23.9 Å². The van der Waals surface area contributed by atoms with Crippen molar-refractivity contribution in [2.24, 2.45) is 0 Å². The predicted octanol–water partition coefficient (Wildman–Crippen LogP) is 1.72. The van der Waals surface area contributed by atoms with Crippen LogP contribution in [0.1, 0.15) is 25.8 Å².